The first-order valence-electron chi connectivity index (χ1n) is 6.26. The predicted octanol–water partition coefficient (Wildman–Crippen LogP) is 1.47. The standard InChI is InChI=1S/C13H20N2O2/c1-13(7-2-3-8-15-13)12(16)14-9-6-11-5-4-10-17-11/h4-5,10,15H,2-3,6-9H2,1H3,(H,14,16). The summed E-state index contributed by atoms with van der Waals surface area (Å²) in [5.74, 6) is 1.01. The van der Waals surface area contributed by atoms with Crippen LogP contribution in [0.3, 0.4) is 0 Å². The van der Waals surface area contributed by atoms with E-state index in [1.807, 2.05) is 19.1 Å². The third kappa shape index (κ3) is 3.09. The maximum Gasteiger partial charge on any atom is 0.240 e. The van der Waals surface area contributed by atoms with Crippen LogP contribution in [0.15, 0.2) is 22.8 Å². The molecule has 1 aromatic heterocycles. The number of amides is 1. The van der Waals surface area contributed by atoms with Gasteiger partial charge in [0.2, 0.25) is 5.91 Å². The van der Waals surface area contributed by atoms with Crippen molar-refractivity contribution in [1.29, 1.82) is 0 Å². The molecule has 1 aromatic rings. The highest BCUT2D eigenvalue weighted by atomic mass is 16.3. The van der Waals surface area contributed by atoms with Crippen molar-refractivity contribution in [3.63, 3.8) is 0 Å². The Morgan fingerprint density at radius 1 is 1.59 bits per heavy atom. The summed E-state index contributed by atoms with van der Waals surface area (Å²) in [6.07, 6.45) is 5.60. The van der Waals surface area contributed by atoms with Crippen molar-refractivity contribution in [2.45, 2.75) is 38.1 Å². The number of rotatable bonds is 4. The summed E-state index contributed by atoms with van der Waals surface area (Å²) in [5, 5.41) is 6.27. The Balaban J connectivity index is 1.76. The van der Waals surface area contributed by atoms with Gasteiger partial charge in [-0.25, -0.2) is 0 Å². The zero-order valence-electron chi connectivity index (χ0n) is 10.3. The van der Waals surface area contributed by atoms with Gasteiger partial charge in [0.1, 0.15) is 5.76 Å². The summed E-state index contributed by atoms with van der Waals surface area (Å²) in [6, 6.07) is 3.79. The molecule has 94 valence electrons. The number of hydrogen-bond donors (Lipinski definition) is 2. The molecule has 0 aliphatic carbocycles. The van der Waals surface area contributed by atoms with Crippen LogP contribution in [0.5, 0.6) is 0 Å². The first kappa shape index (κ1) is 12.2. The Bertz CT molecular complexity index is 354. The van der Waals surface area contributed by atoms with E-state index in [0.717, 1.165) is 38.0 Å². The van der Waals surface area contributed by atoms with Crippen LogP contribution >= 0.6 is 0 Å². The maximum absolute atomic E-state index is 12.0. The van der Waals surface area contributed by atoms with Gasteiger partial charge in [-0.05, 0) is 44.9 Å². The normalized spacial score (nSPS) is 24.5. The minimum absolute atomic E-state index is 0.101. The van der Waals surface area contributed by atoms with Gasteiger partial charge in [-0.3, -0.25) is 4.79 Å². The molecule has 4 nitrogen and oxygen atoms in total. The van der Waals surface area contributed by atoms with Gasteiger partial charge >= 0.3 is 0 Å². The van der Waals surface area contributed by atoms with Gasteiger partial charge in [-0.2, -0.15) is 0 Å². The van der Waals surface area contributed by atoms with Crippen molar-refractivity contribution < 1.29 is 9.21 Å². The van der Waals surface area contributed by atoms with Crippen LogP contribution in [0.25, 0.3) is 0 Å². The van der Waals surface area contributed by atoms with Gasteiger partial charge in [0, 0.05) is 13.0 Å². The first-order chi connectivity index (χ1) is 8.21. The van der Waals surface area contributed by atoms with Crippen LogP contribution in [0, 0.1) is 0 Å². The summed E-state index contributed by atoms with van der Waals surface area (Å²) >= 11 is 0. The Morgan fingerprint density at radius 2 is 2.47 bits per heavy atom. The monoisotopic (exact) mass is 236 g/mol. The second-order valence-electron chi connectivity index (χ2n) is 4.80. The minimum Gasteiger partial charge on any atom is -0.469 e. The first-order valence-corrected chi connectivity index (χ1v) is 6.26. The molecule has 2 N–H and O–H groups in total. The summed E-state index contributed by atoms with van der Waals surface area (Å²) in [4.78, 5) is 12.0. The lowest BCUT2D eigenvalue weighted by Gasteiger charge is -2.33. The van der Waals surface area contributed by atoms with Crippen LogP contribution in [0.2, 0.25) is 0 Å². The van der Waals surface area contributed by atoms with E-state index in [-0.39, 0.29) is 11.4 Å². The maximum atomic E-state index is 12.0. The molecule has 0 radical (unpaired) electrons. The van der Waals surface area contributed by atoms with Crippen LogP contribution in [0.4, 0.5) is 0 Å². The highest BCUT2D eigenvalue weighted by Crippen LogP contribution is 2.18. The average Bonchev–Trinajstić information content (AvgIpc) is 2.83. The Morgan fingerprint density at radius 3 is 3.12 bits per heavy atom. The van der Waals surface area contributed by atoms with Crippen molar-refractivity contribution >= 4 is 5.91 Å². The van der Waals surface area contributed by atoms with E-state index in [1.165, 1.54) is 0 Å². The van der Waals surface area contributed by atoms with Gasteiger partial charge in [-0.1, -0.05) is 0 Å². The molecule has 1 unspecified atom stereocenters. The van der Waals surface area contributed by atoms with Crippen LogP contribution in [-0.2, 0) is 11.2 Å². The fourth-order valence-corrected chi connectivity index (χ4v) is 2.20. The number of carbonyl (C=O) groups excluding carboxylic acids is 1. The lowest BCUT2D eigenvalue weighted by atomic mass is 9.90. The van der Waals surface area contributed by atoms with Gasteiger partial charge in [0.15, 0.2) is 0 Å². The fraction of sp³-hybridized carbons (Fsp3) is 0.615. The molecular weight excluding hydrogens is 216 g/mol. The lowest BCUT2D eigenvalue weighted by Crippen LogP contribution is -2.57. The van der Waals surface area contributed by atoms with Gasteiger partial charge in [0.05, 0.1) is 11.8 Å². The molecule has 1 amide bonds. The molecule has 1 saturated heterocycles. The zero-order chi connectivity index (χ0) is 12.1. The average molecular weight is 236 g/mol. The smallest absolute Gasteiger partial charge is 0.240 e. The van der Waals surface area contributed by atoms with E-state index >= 15 is 0 Å². The van der Waals surface area contributed by atoms with E-state index in [2.05, 4.69) is 10.6 Å². The van der Waals surface area contributed by atoms with Gasteiger partial charge in [-0.15, -0.1) is 0 Å². The van der Waals surface area contributed by atoms with Crippen LogP contribution < -0.4 is 10.6 Å². The highest BCUT2D eigenvalue weighted by Gasteiger charge is 2.33. The number of hydrogen-bond acceptors (Lipinski definition) is 3. The molecule has 0 saturated carbocycles. The third-order valence-corrected chi connectivity index (χ3v) is 3.36. The number of furan rings is 1. The van der Waals surface area contributed by atoms with Crippen molar-refractivity contribution in [3.8, 4) is 0 Å². The van der Waals surface area contributed by atoms with E-state index in [4.69, 9.17) is 4.42 Å². The molecule has 1 aliphatic heterocycles. The molecule has 2 rings (SSSR count). The van der Waals surface area contributed by atoms with Crippen LogP contribution in [-0.4, -0.2) is 24.5 Å². The van der Waals surface area contributed by atoms with E-state index in [9.17, 15) is 4.79 Å². The minimum atomic E-state index is -0.387. The fourth-order valence-electron chi connectivity index (χ4n) is 2.20. The Labute approximate surface area is 102 Å². The zero-order valence-corrected chi connectivity index (χ0v) is 10.3. The second-order valence-corrected chi connectivity index (χ2v) is 4.80. The Hall–Kier alpha value is -1.29. The molecule has 0 bridgehead atoms. The summed E-state index contributed by atoms with van der Waals surface area (Å²) in [7, 11) is 0. The lowest BCUT2D eigenvalue weighted by molar-refractivity contribution is -0.127. The second kappa shape index (κ2) is 5.36. The molecular formula is C13H20N2O2. The van der Waals surface area contributed by atoms with Crippen molar-refractivity contribution in [2.24, 2.45) is 0 Å². The summed E-state index contributed by atoms with van der Waals surface area (Å²) in [6.45, 7) is 3.54. The summed E-state index contributed by atoms with van der Waals surface area (Å²) in [5.41, 5.74) is -0.387. The van der Waals surface area contributed by atoms with Gasteiger partial charge < -0.3 is 15.1 Å². The van der Waals surface area contributed by atoms with E-state index in [0.29, 0.717) is 6.54 Å². The summed E-state index contributed by atoms with van der Waals surface area (Å²) < 4.78 is 5.22. The van der Waals surface area contributed by atoms with Crippen molar-refractivity contribution in [3.05, 3.63) is 24.2 Å². The Kier molecular flexibility index (Phi) is 3.84. The largest absolute Gasteiger partial charge is 0.469 e. The molecule has 2 heterocycles. The molecule has 1 fully saturated rings. The van der Waals surface area contributed by atoms with E-state index < -0.39 is 0 Å². The molecule has 0 spiro atoms. The highest BCUT2D eigenvalue weighted by molar-refractivity contribution is 5.85. The molecule has 1 aliphatic rings. The number of piperidine rings is 1. The van der Waals surface area contributed by atoms with E-state index in [1.54, 1.807) is 6.26 Å². The number of carbonyl (C=O) groups is 1. The quantitative estimate of drug-likeness (QED) is 0.832. The molecule has 0 aromatic carbocycles. The van der Waals surface area contributed by atoms with Crippen molar-refractivity contribution in [1.82, 2.24) is 10.6 Å². The third-order valence-electron chi connectivity index (χ3n) is 3.36. The van der Waals surface area contributed by atoms with Gasteiger partial charge in [0.25, 0.3) is 0 Å². The molecule has 4 heteroatoms. The topological polar surface area (TPSA) is 54.3 Å². The predicted molar refractivity (Wildman–Crippen MR) is 65.7 cm³/mol. The molecule has 17 heavy (non-hydrogen) atoms. The SMILES string of the molecule is CC1(C(=O)NCCc2ccco2)CCCCN1. The number of nitrogens with one attached hydrogen (secondary N) is 2. The van der Waals surface area contributed by atoms with Crippen LogP contribution in [0.1, 0.15) is 31.9 Å². The molecule has 1 atom stereocenters. The van der Waals surface area contributed by atoms with Crippen molar-refractivity contribution in [2.75, 3.05) is 13.1 Å².